The maximum atomic E-state index is 14.1. The van der Waals surface area contributed by atoms with E-state index in [4.69, 9.17) is 15.2 Å². The van der Waals surface area contributed by atoms with Crippen LogP contribution in [-0.4, -0.2) is 13.3 Å². The molecule has 0 unspecified atom stereocenters. The van der Waals surface area contributed by atoms with E-state index in [0.29, 0.717) is 18.7 Å². The molecule has 0 aromatic heterocycles. The van der Waals surface area contributed by atoms with Crippen molar-refractivity contribution in [1.29, 1.82) is 0 Å². The van der Waals surface area contributed by atoms with Gasteiger partial charge in [0.25, 0.3) is 0 Å². The minimum absolute atomic E-state index is 0.166. The topological polar surface area (TPSA) is 44.5 Å². The zero-order valence-corrected chi connectivity index (χ0v) is 9.67. The Morgan fingerprint density at radius 3 is 2.82 bits per heavy atom. The highest BCUT2D eigenvalue weighted by atomic mass is 19.1. The van der Waals surface area contributed by atoms with E-state index in [2.05, 4.69) is 0 Å². The third kappa shape index (κ3) is 1.63. The van der Waals surface area contributed by atoms with Crippen LogP contribution in [0.5, 0.6) is 5.75 Å². The fourth-order valence-electron chi connectivity index (χ4n) is 2.69. The van der Waals surface area contributed by atoms with Crippen LogP contribution in [0.3, 0.4) is 0 Å². The van der Waals surface area contributed by atoms with Crippen molar-refractivity contribution in [3.63, 3.8) is 0 Å². The molecule has 2 aliphatic rings. The van der Waals surface area contributed by atoms with Crippen molar-refractivity contribution in [2.75, 3.05) is 13.3 Å². The summed E-state index contributed by atoms with van der Waals surface area (Å²) in [4.78, 5) is 0. The molecule has 1 heterocycles. The van der Waals surface area contributed by atoms with Crippen LogP contribution in [0.2, 0.25) is 0 Å². The van der Waals surface area contributed by atoms with Gasteiger partial charge in [0.1, 0.15) is 11.6 Å². The lowest BCUT2D eigenvalue weighted by Crippen LogP contribution is -2.42. The number of hydrogen-bond acceptors (Lipinski definition) is 3. The van der Waals surface area contributed by atoms with Crippen LogP contribution >= 0.6 is 0 Å². The lowest BCUT2D eigenvalue weighted by atomic mass is 9.64. The maximum absolute atomic E-state index is 14.1. The van der Waals surface area contributed by atoms with Gasteiger partial charge in [-0.25, -0.2) is 4.39 Å². The highest BCUT2D eigenvalue weighted by molar-refractivity contribution is 5.43. The van der Waals surface area contributed by atoms with Crippen LogP contribution < -0.4 is 10.5 Å². The van der Waals surface area contributed by atoms with Crippen molar-refractivity contribution in [2.45, 2.75) is 31.3 Å². The zero-order valence-electron chi connectivity index (χ0n) is 9.67. The first-order valence-electron chi connectivity index (χ1n) is 5.99. The fraction of sp³-hybridized carbons (Fsp3) is 0.538. The summed E-state index contributed by atoms with van der Waals surface area (Å²) in [7, 11) is 0. The molecule has 3 rings (SSSR count). The molecule has 1 aromatic rings. The molecular weight excluding hydrogens is 221 g/mol. The van der Waals surface area contributed by atoms with Crippen molar-refractivity contribution in [3.05, 3.63) is 29.1 Å². The maximum Gasteiger partial charge on any atom is 0.189 e. The first kappa shape index (κ1) is 11.0. The van der Waals surface area contributed by atoms with Gasteiger partial charge in [0, 0.05) is 17.5 Å². The summed E-state index contributed by atoms with van der Waals surface area (Å²) in [6.45, 7) is 1.16. The summed E-state index contributed by atoms with van der Waals surface area (Å²) in [6.07, 6.45) is 3.06. The van der Waals surface area contributed by atoms with E-state index in [0.717, 1.165) is 30.6 Å². The van der Waals surface area contributed by atoms with Crippen LogP contribution in [0.25, 0.3) is 0 Å². The van der Waals surface area contributed by atoms with Gasteiger partial charge < -0.3 is 15.2 Å². The molecule has 1 aliphatic carbocycles. The molecular formula is C13H16FNO2. The lowest BCUT2D eigenvalue weighted by molar-refractivity contribution is -0.0168. The van der Waals surface area contributed by atoms with Gasteiger partial charge in [-0.1, -0.05) is 6.42 Å². The average Bonchev–Trinajstić information content (AvgIpc) is 2.29. The van der Waals surface area contributed by atoms with Gasteiger partial charge in [-0.05, 0) is 30.5 Å². The first-order chi connectivity index (χ1) is 8.25. The Kier molecular flexibility index (Phi) is 2.56. The number of benzene rings is 1. The molecule has 1 aliphatic heterocycles. The third-order valence-electron chi connectivity index (χ3n) is 3.98. The largest absolute Gasteiger partial charge is 0.467 e. The molecule has 1 fully saturated rings. The fourth-order valence-corrected chi connectivity index (χ4v) is 2.69. The van der Waals surface area contributed by atoms with Gasteiger partial charge in [-0.2, -0.15) is 0 Å². The number of ether oxygens (including phenoxy) is 2. The van der Waals surface area contributed by atoms with Crippen LogP contribution in [-0.2, 0) is 16.8 Å². The molecule has 1 saturated carbocycles. The number of rotatable bonds is 2. The van der Waals surface area contributed by atoms with E-state index >= 15 is 0 Å². The van der Waals surface area contributed by atoms with Gasteiger partial charge in [-0.15, -0.1) is 0 Å². The summed E-state index contributed by atoms with van der Waals surface area (Å²) in [6, 6.07) is 3.35. The van der Waals surface area contributed by atoms with Crippen LogP contribution in [0.4, 0.5) is 4.39 Å². The predicted molar refractivity (Wildman–Crippen MR) is 61.3 cm³/mol. The Hall–Kier alpha value is -1.13. The monoisotopic (exact) mass is 237 g/mol. The predicted octanol–water partition coefficient (Wildman–Crippen LogP) is 2.07. The third-order valence-corrected chi connectivity index (χ3v) is 3.98. The normalized spacial score (nSPS) is 21.3. The molecule has 0 bridgehead atoms. The molecule has 0 amide bonds. The van der Waals surface area contributed by atoms with Crippen molar-refractivity contribution in [1.82, 2.24) is 0 Å². The number of halogens is 1. The van der Waals surface area contributed by atoms with Crippen molar-refractivity contribution < 1.29 is 13.9 Å². The molecule has 4 heteroatoms. The Balaban J connectivity index is 2.05. The molecule has 17 heavy (non-hydrogen) atoms. The molecule has 0 atom stereocenters. The molecule has 1 aromatic carbocycles. The summed E-state index contributed by atoms with van der Waals surface area (Å²) in [5.74, 6) is 0.565. The minimum Gasteiger partial charge on any atom is -0.467 e. The molecule has 2 N–H and O–H groups in total. The van der Waals surface area contributed by atoms with Gasteiger partial charge in [0.05, 0.1) is 6.61 Å². The van der Waals surface area contributed by atoms with E-state index < -0.39 is 0 Å². The minimum atomic E-state index is -0.178. The molecule has 0 radical (unpaired) electrons. The van der Waals surface area contributed by atoms with E-state index in [-0.39, 0.29) is 18.0 Å². The Bertz CT molecular complexity index is 438. The summed E-state index contributed by atoms with van der Waals surface area (Å²) >= 11 is 0. The molecule has 0 saturated heterocycles. The van der Waals surface area contributed by atoms with E-state index in [1.807, 2.05) is 6.07 Å². The second-order valence-corrected chi connectivity index (χ2v) is 4.89. The Morgan fingerprint density at radius 2 is 2.18 bits per heavy atom. The van der Waals surface area contributed by atoms with Gasteiger partial charge in [-0.3, -0.25) is 0 Å². The first-order valence-corrected chi connectivity index (χ1v) is 5.99. The second-order valence-electron chi connectivity index (χ2n) is 4.89. The molecule has 3 nitrogen and oxygen atoms in total. The Labute approximate surface area is 99.7 Å². The summed E-state index contributed by atoms with van der Waals surface area (Å²) in [5, 5.41) is 0. The number of fused-ring (bicyclic) bond motifs is 1. The highest BCUT2D eigenvalue weighted by Gasteiger charge is 2.40. The standard InChI is InChI=1S/C13H16FNO2/c14-11-4-9-6-16-8-17-12(9)5-10(11)13(7-15)2-1-3-13/h4-5H,1-3,6-8,15H2. The van der Waals surface area contributed by atoms with Gasteiger partial charge in [0.2, 0.25) is 0 Å². The quantitative estimate of drug-likeness (QED) is 0.856. The zero-order chi connectivity index (χ0) is 11.9. The van der Waals surface area contributed by atoms with Gasteiger partial charge in [0.15, 0.2) is 6.79 Å². The van der Waals surface area contributed by atoms with E-state index in [9.17, 15) is 4.39 Å². The van der Waals surface area contributed by atoms with Crippen molar-refractivity contribution in [3.8, 4) is 5.75 Å². The van der Waals surface area contributed by atoms with Gasteiger partial charge >= 0.3 is 0 Å². The highest BCUT2D eigenvalue weighted by Crippen LogP contribution is 2.45. The van der Waals surface area contributed by atoms with Crippen molar-refractivity contribution >= 4 is 0 Å². The average molecular weight is 237 g/mol. The molecule has 0 spiro atoms. The van der Waals surface area contributed by atoms with Crippen LogP contribution in [0.1, 0.15) is 30.4 Å². The van der Waals surface area contributed by atoms with Crippen molar-refractivity contribution in [2.24, 2.45) is 5.73 Å². The SMILES string of the molecule is NCC1(c2cc3c(cc2F)COCO3)CCC1. The molecule has 92 valence electrons. The van der Waals surface area contributed by atoms with E-state index in [1.165, 1.54) is 6.07 Å². The lowest BCUT2D eigenvalue weighted by Gasteiger charge is -2.42. The number of hydrogen-bond donors (Lipinski definition) is 1. The summed E-state index contributed by atoms with van der Waals surface area (Å²) in [5.41, 5.74) is 7.14. The smallest absolute Gasteiger partial charge is 0.189 e. The van der Waals surface area contributed by atoms with Crippen LogP contribution in [0, 0.1) is 5.82 Å². The van der Waals surface area contributed by atoms with E-state index in [1.54, 1.807) is 0 Å². The second kappa shape index (κ2) is 3.96. The van der Waals surface area contributed by atoms with Crippen LogP contribution in [0.15, 0.2) is 12.1 Å². The Morgan fingerprint density at radius 1 is 1.35 bits per heavy atom. The number of nitrogens with two attached hydrogens (primary N) is 1. The summed E-state index contributed by atoms with van der Waals surface area (Å²) < 4.78 is 24.6.